The van der Waals surface area contributed by atoms with Crippen LogP contribution in [0.15, 0.2) is 29.3 Å². The normalized spacial score (nSPS) is 17.3. The lowest BCUT2D eigenvalue weighted by Crippen LogP contribution is -2.42. The van der Waals surface area contributed by atoms with Gasteiger partial charge in [0.05, 0.1) is 0 Å². The number of likely N-dealkylation sites (tertiary alicyclic amines) is 1. The van der Waals surface area contributed by atoms with Gasteiger partial charge in [-0.15, -0.1) is 0 Å². The number of guanidine groups is 1. The average molecular weight is 316 g/mol. The number of nitrogens with one attached hydrogen (secondary N) is 2. The van der Waals surface area contributed by atoms with Crippen LogP contribution in [0.2, 0.25) is 0 Å². The van der Waals surface area contributed by atoms with Gasteiger partial charge in [-0.1, -0.05) is 36.8 Å². The summed E-state index contributed by atoms with van der Waals surface area (Å²) in [5.41, 5.74) is 2.59. The molecule has 1 fully saturated rings. The third kappa shape index (κ3) is 6.22. The lowest BCUT2D eigenvalue weighted by molar-refractivity contribution is 0.185. The summed E-state index contributed by atoms with van der Waals surface area (Å²) in [6.07, 6.45) is 3.85. The molecule has 1 heterocycles. The minimum absolute atomic E-state index is 0.764. The first-order valence-corrected chi connectivity index (χ1v) is 8.93. The smallest absolute Gasteiger partial charge is 0.191 e. The zero-order valence-corrected chi connectivity index (χ0v) is 14.9. The molecule has 0 aromatic heterocycles. The van der Waals surface area contributed by atoms with Crippen LogP contribution in [0.5, 0.6) is 0 Å². The van der Waals surface area contributed by atoms with Crippen molar-refractivity contribution in [3.63, 3.8) is 0 Å². The van der Waals surface area contributed by atoms with Gasteiger partial charge >= 0.3 is 0 Å². The van der Waals surface area contributed by atoms with Crippen LogP contribution in [0.1, 0.15) is 37.3 Å². The minimum atomic E-state index is 0.764. The maximum atomic E-state index is 4.34. The van der Waals surface area contributed by atoms with E-state index >= 15 is 0 Å². The number of piperidine rings is 1. The van der Waals surface area contributed by atoms with Crippen molar-refractivity contribution in [2.45, 2.75) is 39.7 Å². The second-order valence-corrected chi connectivity index (χ2v) is 6.58. The van der Waals surface area contributed by atoms with Gasteiger partial charge in [-0.05, 0) is 57.3 Å². The number of hydrogen-bond donors (Lipinski definition) is 2. The first-order valence-electron chi connectivity index (χ1n) is 8.93. The predicted molar refractivity (Wildman–Crippen MR) is 98.8 cm³/mol. The molecule has 1 aliphatic rings. The summed E-state index contributed by atoms with van der Waals surface area (Å²) in [6.45, 7) is 9.97. The second-order valence-electron chi connectivity index (χ2n) is 6.58. The number of aryl methyl sites for hydroxylation is 1. The van der Waals surface area contributed by atoms with E-state index < -0.39 is 0 Å². The standard InChI is InChI=1S/C19H32N4/c1-4-10-23-11-8-17(9-12-23)14-21-19(20-3)22-15-18-7-5-6-16(2)13-18/h5-7,13,17H,4,8-12,14-15H2,1-3H3,(H2,20,21,22). The van der Waals surface area contributed by atoms with Crippen molar-refractivity contribution in [3.05, 3.63) is 35.4 Å². The Balaban J connectivity index is 1.69. The second kappa shape index (κ2) is 9.56. The van der Waals surface area contributed by atoms with Gasteiger partial charge in [-0.2, -0.15) is 0 Å². The first-order chi connectivity index (χ1) is 11.2. The van der Waals surface area contributed by atoms with Crippen molar-refractivity contribution in [2.24, 2.45) is 10.9 Å². The van der Waals surface area contributed by atoms with Crippen molar-refractivity contribution in [1.82, 2.24) is 15.5 Å². The summed E-state index contributed by atoms with van der Waals surface area (Å²) < 4.78 is 0. The fourth-order valence-corrected chi connectivity index (χ4v) is 3.20. The van der Waals surface area contributed by atoms with E-state index in [1.807, 2.05) is 7.05 Å². The molecule has 4 heteroatoms. The number of benzene rings is 1. The molecule has 0 saturated carbocycles. The first kappa shape index (κ1) is 17.8. The zero-order valence-electron chi connectivity index (χ0n) is 14.9. The summed E-state index contributed by atoms with van der Waals surface area (Å²) in [7, 11) is 1.84. The van der Waals surface area contributed by atoms with Gasteiger partial charge in [0.2, 0.25) is 0 Å². The minimum Gasteiger partial charge on any atom is -0.356 e. The van der Waals surface area contributed by atoms with Gasteiger partial charge in [-0.3, -0.25) is 4.99 Å². The quantitative estimate of drug-likeness (QED) is 0.626. The topological polar surface area (TPSA) is 39.7 Å². The highest BCUT2D eigenvalue weighted by molar-refractivity contribution is 5.79. The van der Waals surface area contributed by atoms with Crippen LogP contribution in [0.3, 0.4) is 0 Å². The van der Waals surface area contributed by atoms with E-state index in [0.29, 0.717) is 0 Å². The lowest BCUT2D eigenvalue weighted by Gasteiger charge is -2.32. The number of hydrogen-bond acceptors (Lipinski definition) is 2. The molecule has 1 aliphatic heterocycles. The molecule has 1 aromatic carbocycles. The number of aliphatic imine (C=N–C) groups is 1. The van der Waals surface area contributed by atoms with Gasteiger partial charge in [0.25, 0.3) is 0 Å². The summed E-state index contributed by atoms with van der Waals surface area (Å²) in [5, 5.41) is 6.90. The van der Waals surface area contributed by atoms with Crippen LogP contribution >= 0.6 is 0 Å². The highest BCUT2D eigenvalue weighted by atomic mass is 15.2. The van der Waals surface area contributed by atoms with Gasteiger partial charge in [0.1, 0.15) is 0 Å². The summed E-state index contributed by atoms with van der Waals surface area (Å²) in [4.78, 5) is 6.92. The molecule has 0 amide bonds. The Hall–Kier alpha value is -1.55. The molecule has 1 aromatic rings. The Bertz CT molecular complexity index is 490. The molecule has 2 N–H and O–H groups in total. The maximum absolute atomic E-state index is 4.34. The van der Waals surface area contributed by atoms with E-state index in [2.05, 4.69) is 58.6 Å². The van der Waals surface area contributed by atoms with E-state index in [0.717, 1.165) is 25.0 Å². The van der Waals surface area contributed by atoms with Gasteiger partial charge in [0, 0.05) is 20.1 Å². The third-order valence-corrected chi connectivity index (χ3v) is 4.57. The highest BCUT2D eigenvalue weighted by Gasteiger charge is 2.18. The molecule has 128 valence electrons. The van der Waals surface area contributed by atoms with Crippen molar-refractivity contribution in [1.29, 1.82) is 0 Å². The van der Waals surface area contributed by atoms with Crippen molar-refractivity contribution >= 4 is 5.96 Å². The molecule has 0 bridgehead atoms. The Morgan fingerprint density at radius 2 is 2.04 bits per heavy atom. The fraction of sp³-hybridized carbons (Fsp3) is 0.632. The molecule has 0 atom stereocenters. The van der Waals surface area contributed by atoms with Crippen LogP contribution in [-0.2, 0) is 6.54 Å². The SMILES string of the molecule is CCCN1CCC(CNC(=NC)NCc2cccc(C)c2)CC1. The Morgan fingerprint density at radius 1 is 1.26 bits per heavy atom. The molecule has 4 nitrogen and oxygen atoms in total. The average Bonchev–Trinajstić information content (AvgIpc) is 2.57. The summed E-state index contributed by atoms with van der Waals surface area (Å²) >= 11 is 0. The Kier molecular flexibility index (Phi) is 7.40. The number of rotatable bonds is 6. The zero-order chi connectivity index (χ0) is 16.5. The molecular formula is C19H32N4. The molecule has 1 saturated heterocycles. The van der Waals surface area contributed by atoms with Gasteiger partial charge < -0.3 is 15.5 Å². The van der Waals surface area contributed by atoms with Crippen LogP contribution in [-0.4, -0.2) is 44.1 Å². The largest absolute Gasteiger partial charge is 0.356 e. The van der Waals surface area contributed by atoms with Crippen LogP contribution in [0, 0.1) is 12.8 Å². The van der Waals surface area contributed by atoms with Crippen molar-refractivity contribution in [2.75, 3.05) is 33.2 Å². The Morgan fingerprint density at radius 3 is 2.70 bits per heavy atom. The summed E-state index contributed by atoms with van der Waals surface area (Å²) in [6, 6.07) is 8.59. The molecule has 0 unspecified atom stereocenters. The van der Waals surface area contributed by atoms with Crippen molar-refractivity contribution < 1.29 is 0 Å². The van der Waals surface area contributed by atoms with Gasteiger partial charge in [0.15, 0.2) is 5.96 Å². The number of nitrogens with zero attached hydrogens (tertiary/aromatic N) is 2. The van der Waals surface area contributed by atoms with E-state index in [9.17, 15) is 0 Å². The van der Waals surface area contributed by atoms with E-state index in [1.54, 1.807) is 0 Å². The molecule has 0 spiro atoms. The van der Waals surface area contributed by atoms with Gasteiger partial charge in [-0.25, -0.2) is 0 Å². The lowest BCUT2D eigenvalue weighted by atomic mass is 9.97. The van der Waals surface area contributed by atoms with E-state index in [1.165, 1.54) is 50.0 Å². The predicted octanol–water partition coefficient (Wildman–Crippen LogP) is 2.78. The van der Waals surface area contributed by atoms with E-state index in [4.69, 9.17) is 0 Å². The van der Waals surface area contributed by atoms with Crippen LogP contribution in [0.4, 0.5) is 0 Å². The Labute approximate surface area is 141 Å². The maximum Gasteiger partial charge on any atom is 0.191 e. The highest BCUT2D eigenvalue weighted by Crippen LogP contribution is 2.16. The monoisotopic (exact) mass is 316 g/mol. The third-order valence-electron chi connectivity index (χ3n) is 4.57. The fourth-order valence-electron chi connectivity index (χ4n) is 3.20. The molecule has 0 aliphatic carbocycles. The van der Waals surface area contributed by atoms with Crippen LogP contribution < -0.4 is 10.6 Å². The van der Waals surface area contributed by atoms with Crippen molar-refractivity contribution in [3.8, 4) is 0 Å². The van der Waals surface area contributed by atoms with E-state index in [-0.39, 0.29) is 0 Å². The summed E-state index contributed by atoms with van der Waals surface area (Å²) in [5.74, 6) is 1.67. The molecule has 0 radical (unpaired) electrons. The molecule has 23 heavy (non-hydrogen) atoms. The molecular weight excluding hydrogens is 284 g/mol. The molecule has 2 rings (SSSR count). The van der Waals surface area contributed by atoms with Crippen LogP contribution in [0.25, 0.3) is 0 Å².